The van der Waals surface area contributed by atoms with Crippen molar-refractivity contribution in [1.29, 1.82) is 0 Å². The topological polar surface area (TPSA) is 38.9 Å². The Bertz CT molecular complexity index is 467. The highest BCUT2D eigenvalue weighted by Crippen LogP contribution is 2.24. The molecule has 0 aliphatic rings. The molecular formula is C11H11ClN2OS. The summed E-state index contributed by atoms with van der Waals surface area (Å²) in [7, 11) is 0. The van der Waals surface area contributed by atoms with Gasteiger partial charge in [0.25, 0.3) is 5.89 Å². The van der Waals surface area contributed by atoms with Crippen LogP contribution in [0.2, 0.25) is 0 Å². The lowest BCUT2D eigenvalue weighted by Gasteiger charge is -1.96. The van der Waals surface area contributed by atoms with Crippen LogP contribution in [0.3, 0.4) is 0 Å². The van der Waals surface area contributed by atoms with Crippen LogP contribution in [0.1, 0.15) is 18.1 Å². The van der Waals surface area contributed by atoms with E-state index in [1.54, 1.807) is 11.8 Å². The molecule has 0 radical (unpaired) electrons. The van der Waals surface area contributed by atoms with E-state index in [1.165, 1.54) is 4.90 Å². The number of aromatic nitrogens is 2. The van der Waals surface area contributed by atoms with E-state index < -0.39 is 0 Å². The summed E-state index contributed by atoms with van der Waals surface area (Å²) in [5.74, 6) is 1.03. The second-order valence-electron chi connectivity index (χ2n) is 3.30. The highest BCUT2D eigenvalue weighted by molar-refractivity contribution is 7.98. The molecule has 1 atom stereocenters. The van der Waals surface area contributed by atoms with Crippen LogP contribution in [0, 0.1) is 0 Å². The molecule has 0 saturated carbocycles. The predicted octanol–water partition coefficient (Wildman–Crippen LogP) is 3.76. The highest BCUT2D eigenvalue weighted by Gasteiger charge is 2.12. The molecule has 3 nitrogen and oxygen atoms in total. The molecule has 0 aliphatic heterocycles. The third kappa shape index (κ3) is 2.39. The number of alkyl halides is 1. The van der Waals surface area contributed by atoms with Crippen molar-refractivity contribution in [3.8, 4) is 11.5 Å². The van der Waals surface area contributed by atoms with Crippen LogP contribution in [0.5, 0.6) is 0 Å². The van der Waals surface area contributed by atoms with Gasteiger partial charge in [-0.25, -0.2) is 0 Å². The molecule has 0 spiro atoms. The highest BCUT2D eigenvalue weighted by atomic mass is 35.5. The minimum Gasteiger partial charge on any atom is -0.334 e. The Hall–Kier alpha value is -1.00. The number of nitrogens with zero attached hydrogens (tertiary/aromatic N) is 2. The van der Waals surface area contributed by atoms with Crippen molar-refractivity contribution in [3.63, 3.8) is 0 Å². The Morgan fingerprint density at radius 3 is 2.50 bits per heavy atom. The second-order valence-corrected chi connectivity index (χ2v) is 4.84. The Morgan fingerprint density at radius 2 is 2.00 bits per heavy atom. The SMILES string of the molecule is CSc1ccc(-c2nc(C(C)Cl)no2)cc1. The molecule has 1 heterocycles. The average Bonchev–Trinajstić information content (AvgIpc) is 2.78. The smallest absolute Gasteiger partial charge is 0.257 e. The first-order chi connectivity index (χ1) is 7.70. The van der Waals surface area contributed by atoms with Gasteiger partial charge >= 0.3 is 0 Å². The molecule has 1 aromatic carbocycles. The average molecular weight is 255 g/mol. The molecule has 0 amide bonds. The lowest BCUT2D eigenvalue weighted by atomic mass is 10.2. The zero-order valence-corrected chi connectivity index (χ0v) is 10.5. The molecular weight excluding hydrogens is 244 g/mol. The van der Waals surface area contributed by atoms with Crippen molar-refractivity contribution in [2.45, 2.75) is 17.2 Å². The standard InChI is InChI=1S/C11H11ClN2OS/c1-7(12)10-13-11(15-14-10)8-3-5-9(16-2)6-4-8/h3-7H,1-2H3. The van der Waals surface area contributed by atoms with Gasteiger partial charge in [0.2, 0.25) is 0 Å². The summed E-state index contributed by atoms with van der Waals surface area (Å²) >= 11 is 7.56. The molecule has 0 aliphatic carbocycles. The summed E-state index contributed by atoms with van der Waals surface area (Å²) < 4.78 is 5.13. The lowest BCUT2D eigenvalue weighted by molar-refractivity contribution is 0.422. The fraction of sp³-hybridized carbons (Fsp3) is 0.273. The number of benzene rings is 1. The first kappa shape index (κ1) is 11.5. The molecule has 2 rings (SSSR count). The summed E-state index contributed by atoms with van der Waals surface area (Å²) in [5.41, 5.74) is 0.911. The number of halogens is 1. The van der Waals surface area contributed by atoms with Crippen molar-refractivity contribution >= 4 is 23.4 Å². The minimum atomic E-state index is -0.233. The van der Waals surface area contributed by atoms with Gasteiger partial charge in [-0.15, -0.1) is 23.4 Å². The van der Waals surface area contributed by atoms with Gasteiger partial charge in [-0.3, -0.25) is 0 Å². The van der Waals surface area contributed by atoms with E-state index in [2.05, 4.69) is 10.1 Å². The molecule has 16 heavy (non-hydrogen) atoms. The zero-order chi connectivity index (χ0) is 11.5. The van der Waals surface area contributed by atoms with Gasteiger partial charge in [0, 0.05) is 10.5 Å². The van der Waals surface area contributed by atoms with Gasteiger partial charge in [-0.1, -0.05) is 5.16 Å². The molecule has 5 heteroatoms. The van der Waals surface area contributed by atoms with Crippen LogP contribution >= 0.6 is 23.4 Å². The molecule has 0 fully saturated rings. The molecule has 84 valence electrons. The predicted molar refractivity (Wildman–Crippen MR) is 65.8 cm³/mol. The molecule has 1 unspecified atom stereocenters. The van der Waals surface area contributed by atoms with Crippen LogP contribution in [0.15, 0.2) is 33.7 Å². The maximum absolute atomic E-state index is 5.86. The van der Waals surface area contributed by atoms with E-state index in [-0.39, 0.29) is 5.38 Å². The van der Waals surface area contributed by atoms with E-state index in [1.807, 2.05) is 37.4 Å². The Balaban J connectivity index is 2.28. The molecule has 0 N–H and O–H groups in total. The van der Waals surface area contributed by atoms with E-state index in [9.17, 15) is 0 Å². The quantitative estimate of drug-likeness (QED) is 0.618. The zero-order valence-electron chi connectivity index (χ0n) is 8.98. The molecule has 2 aromatic rings. The molecule has 0 saturated heterocycles. The Labute approximate surface area is 103 Å². The number of hydrogen-bond acceptors (Lipinski definition) is 4. The summed E-state index contributed by atoms with van der Waals surface area (Å²) in [6.45, 7) is 1.81. The van der Waals surface area contributed by atoms with Crippen LogP contribution in [0.4, 0.5) is 0 Å². The number of thioether (sulfide) groups is 1. The maximum Gasteiger partial charge on any atom is 0.257 e. The first-order valence-corrected chi connectivity index (χ1v) is 6.49. The third-order valence-corrected chi connectivity index (χ3v) is 3.07. The van der Waals surface area contributed by atoms with Gasteiger partial charge < -0.3 is 4.52 Å². The van der Waals surface area contributed by atoms with Gasteiger partial charge in [0.1, 0.15) is 0 Å². The van der Waals surface area contributed by atoms with Crippen molar-refractivity contribution in [2.24, 2.45) is 0 Å². The summed E-state index contributed by atoms with van der Waals surface area (Å²) in [6.07, 6.45) is 2.04. The number of rotatable bonds is 3. The second kappa shape index (κ2) is 4.89. The van der Waals surface area contributed by atoms with Crippen LogP contribution in [-0.4, -0.2) is 16.4 Å². The van der Waals surface area contributed by atoms with Gasteiger partial charge in [0.05, 0.1) is 5.38 Å². The van der Waals surface area contributed by atoms with Gasteiger partial charge in [-0.2, -0.15) is 4.98 Å². The van der Waals surface area contributed by atoms with Gasteiger partial charge in [0.15, 0.2) is 5.82 Å². The molecule has 1 aromatic heterocycles. The van der Waals surface area contributed by atoms with Crippen molar-refractivity contribution < 1.29 is 4.52 Å². The van der Waals surface area contributed by atoms with E-state index in [0.29, 0.717) is 11.7 Å². The molecule has 0 bridgehead atoms. The monoisotopic (exact) mass is 254 g/mol. The summed E-state index contributed by atoms with van der Waals surface area (Å²) in [4.78, 5) is 5.42. The van der Waals surface area contributed by atoms with E-state index >= 15 is 0 Å². The van der Waals surface area contributed by atoms with Crippen LogP contribution in [0.25, 0.3) is 11.5 Å². The minimum absolute atomic E-state index is 0.233. The van der Waals surface area contributed by atoms with Crippen LogP contribution < -0.4 is 0 Å². The van der Waals surface area contributed by atoms with Crippen molar-refractivity contribution in [2.75, 3.05) is 6.26 Å². The summed E-state index contributed by atoms with van der Waals surface area (Å²) in [6, 6.07) is 7.96. The lowest BCUT2D eigenvalue weighted by Crippen LogP contribution is -1.86. The van der Waals surface area contributed by atoms with Gasteiger partial charge in [-0.05, 0) is 37.4 Å². The van der Waals surface area contributed by atoms with E-state index in [4.69, 9.17) is 16.1 Å². The first-order valence-electron chi connectivity index (χ1n) is 4.83. The third-order valence-electron chi connectivity index (χ3n) is 2.13. The normalized spacial score (nSPS) is 12.7. The van der Waals surface area contributed by atoms with E-state index in [0.717, 1.165) is 5.56 Å². The van der Waals surface area contributed by atoms with Crippen molar-refractivity contribution in [1.82, 2.24) is 10.1 Å². The maximum atomic E-state index is 5.86. The summed E-state index contributed by atoms with van der Waals surface area (Å²) in [5, 5.41) is 3.58. The largest absolute Gasteiger partial charge is 0.334 e. The van der Waals surface area contributed by atoms with Crippen LogP contribution in [-0.2, 0) is 0 Å². The fourth-order valence-electron chi connectivity index (χ4n) is 1.25. The fourth-order valence-corrected chi connectivity index (χ4v) is 1.74. The number of hydrogen-bond donors (Lipinski definition) is 0. The Kier molecular flexibility index (Phi) is 3.51. The van der Waals surface area contributed by atoms with Crippen molar-refractivity contribution in [3.05, 3.63) is 30.1 Å². The Morgan fingerprint density at radius 1 is 1.31 bits per heavy atom.